The van der Waals surface area contributed by atoms with E-state index >= 15 is 0 Å². The summed E-state index contributed by atoms with van der Waals surface area (Å²) in [6, 6.07) is 0. The monoisotopic (exact) mass is 216 g/mol. The molecule has 4 nitrogen and oxygen atoms in total. The predicted molar refractivity (Wildman–Crippen MR) is 64.1 cm³/mol. The molecule has 1 unspecified atom stereocenters. The quantitative estimate of drug-likeness (QED) is 0.803. The van der Waals surface area contributed by atoms with Gasteiger partial charge in [0.2, 0.25) is 0 Å². The van der Waals surface area contributed by atoms with E-state index in [1.807, 2.05) is 0 Å². The van der Waals surface area contributed by atoms with Crippen LogP contribution in [0.3, 0.4) is 0 Å². The lowest BCUT2D eigenvalue weighted by Crippen LogP contribution is -1.98. The highest BCUT2D eigenvalue weighted by Crippen LogP contribution is 2.22. The highest BCUT2D eigenvalue weighted by molar-refractivity contribution is 5.72. The Morgan fingerprint density at radius 1 is 1.38 bits per heavy atom. The fourth-order valence-corrected chi connectivity index (χ4v) is 1.68. The van der Waals surface area contributed by atoms with Gasteiger partial charge in [-0.3, -0.25) is 0 Å². The molecule has 0 fully saturated rings. The number of fused-ring (bicyclic) bond motifs is 1. The van der Waals surface area contributed by atoms with Crippen molar-refractivity contribution in [3.05, 3.63) is 30.0 Å². The van der Waals surface area contributed by atoms with Crippen molar-refractivity contribution >= 4 is 11.2 Å². The number of aromatic nitrogens is 4. The average molecular weight is 216 g/mol. The summed E-state index contributed by atoms with van der Waals surface area (Å²) in [6.07, 6.45) is 6.47. The molecule has 0 bridgehead atoms. The summed E-state index contributed by atoms with van der Waals surface area (Å²) >= 11 is 0. The van der Waals surface area contributed by atoms with Gasteiger partial charge in [0.25, 0.3) is 0 Å². The smallest absolute Gasteiger partial charge is 0.180 e. The molecule has 0 aromatic carbocycles. The highest BCUT2D eigenvalue weighted by Gasteiger charge is 2.11. The summed E-state index contributed by atoms with van der Waals surface area (Å²) in [7, 11) is 0. The Bertz CT molecular complexity index is 508. The molecule has 0 aliphatic carbocycles. The third kappa shape index (κ3) is 2.10. The number of allylic oxidation sites excluding steroid dienone is 2. The summed E-state index contributed by atoms with van der Waals surface area (Å²) in [4.78, 5) is 15.7. The van der Waals surface area contributed by atoms with E-state index in [0.29, 0.717) is 5.92 Å². The second-order valence-electron chi connectivity index (χ2n) is 4.28. The van der Waals surface area contributed by atoms with Crippen molar-refractivity contribution < 1.29 is 0 Å². The Hall–Kier alpha value is -1.71. The van der Waals surface area contributed by atoms with Crippen LogP contribution in [0.4, 0.5) is 0 Å². The average Bonchev–Trinajstić information content (AvgIpc) is 2.73. The molecule has 2 aromatic rings. The van der Waals surface area contributed by atoms with Gasteiger partial charge in [-0.05, 0) is 20.3 Å². The van der Waals surface area contributed by atoms with E-state index in [9.17, 15) is 0 Å². The predicted octanol–water partition coefficient (Wildman–Crippen LogP) is 2.81. The van der Waals surface area contributed by atoms with Crippen LogP contribution in [0.1, 0.15) is 38.8 Å². The van der Waals surface area contributed by atoms with Crippen molar-refractivity contribution in [2.24, 2.45) is 0 Å². The maximum Gasteiger partial charge on any atom is 0.180 e. The van der Waals surface area contributed by atoms with Gasteiger partial charge >= 0.3 is 0 Å². The van der Waals surface area contributed by atoms with Crippen LogP contribution in [-0.2, 0) is 0 Å². The Morgan fingerprint density at radius 2 is 2.19 bits per heavy atom. The van der Waals surface area contributed by atoms with Crippen LogP contribution in [0.2, 0.25) is 0 Å². The summed E-state index contributed by atoms with van der Waals surface area (Å²) in [5.74, 6) is 0.376. The number of H-pyrrole nitrogens is 1. The minimum atomic E-state index is 0.376. The molecule has 4 heteroatoms. The molecule has 2 aromatic heterocycles. The summed E-state index contributed by atoms with van der Waals surface area (Å²) in [5, 5.41) is 0. The SMILES string of the molecule is CC(C)=CCC(C)c1ncnc2nc[nH]c12. The number of nitrogens with one attached hydrogen (secondary N) is 1. The zero-order chi connectivity index (χ0) is 11.5. The first-order valence-corrected chi connectivity index (χ1v) is 5.46. The van der Waals surface area contributed by atoms with E-state index in [2.05, 4.69) is 46.8 Å². The zero-order valence-electron chi connectivity index (χ0n) is 9.86. The van der Waals surface area contributed by atoms with Gasteiger partial charge in [0.15, 0.2) is 5.65 Å². The molecule has 1 atom stereocenters. The Labute approximate surface area is 94.8 Å². The minimum Gasteiger partial charge on any atom is -0.342 e. The van der Waals surface area contributed by atoms with Crippen molar-refractivity contribution in [2.75, 3.05) is 0 Å². The number of hydrogen-bond donors (Lipinski definition) is 1. The molecule has 0 amide bonds. The Kier molecular flexibility index (Phi) is 2.99. The van der Waals surface area contributed by atoms with Crippen LogP contribution in [0.25, 0.3) is 11.2 Å². The van der Waals surface area contributed by atoms with E-state index in [4.69, 9.17) is 0 Å². The maximum absolute atomic E-state index is 4.35. The van der Waals surface area contributed by atoms with E-state index in [1.165, 1.54) is 5.57 Å². The van der Waals surface area contributed by atoms with Crippen molar-refractivity contribution in [1.29, 1.82) is 0 Å². The van der Waals surface area contributed by atoms with Gasteiger partial charge in [-0.15, -0.1) is 0 Å². The third-order valence-corrected chi connectivity index (χ3v) is 2.60. The molecular formula is C12H16N4. The van der Waals surface area contributed by atoms with Gasteiger partial charge in [-0.2, -0.15) is 0 Å². The molecule has 0 saturated carbocycles. The molecule has 0 saturated heterocycles. The molecular weight excluding hydrogens is 200 g/mol. The number of rotatable bonds is 3. The van der Waals surface area contributed by atoms with E-state index in [-0.39, 0.29) is 0 Å². The zero-order valence-corrected chi connectivity index (χ0v) is 9.86. The summed E-state index contributed by atoms with van der Waals surface area (Å²) < 4.78 is 0. The van der Waals surface area contributed by atoms with E-state index in [0.717, 1.165) is 23.3 Å². The number of hydrogen-bond acceptors (Lipinski definition) is 3. The molecule has 0 radical (unpaired) electrons. The first-order valence-electron chi connectivity index (χ1n) is 5.46. The van der Waals surface area contributed by atoms with E-state index < -0.39 is 0 Å². The van der Waals surface area contributed by atoms with Crippen molar-refractivity contribution in [1.82, 2.24) is 19.9 Å². The molecule has 2 rings (SSSR count). The minimum absolute atomic E-state index is 0.376. The van der Waals surface area contributed by atoms with Crippen molar-refractivity contribution in [3.8, 4) is 0 Å². The number of nitrogens with zero attached hydrogens (tertiary/aromatic N) is 3. The normalized spacial score (nSPS) is 12.7. The molecule has 1 N–H and O–H groups in total. The molecule has 84 valence electrons. The van der Waals surface area contributed by atoms with Gasteiger partial charge in [0.1, 0.15) is 11.8 Å². The number of imidazole rings is 1. The second-order valence-corrected chi connectivity index (χ2v) is 4.28. The van der Waals surface area contributed by atoms with Crippen LogP contribution in [0.15, 0.2) is 24.3 Å². The van der Waals surface area contributed by atoms with Gasteiger partial charge in [0.05, 0.1) is 12.0 Å². The molecule has 0 spiro atoms. The Balaban J connectivity index is 2.32. The van der Waals surface area contributed by atoms with Crippen LogP contribution >= 0.6 is 0 Å². The lowest BCUT2D eigenvalue weighted by molar-refractivity contribution is 0.749. The van der Waals surface area contributed by atoms with Gasteiger partial charge < -0.3 is 4.98 Å². The van der Waals surface area contributed by atoms with Crippen molar-refractivity contribution in [2.45, 2.75) is 33.1 Å². The third-order valence-electron chi connectivity index (χ3n) is 2.60. The lowest BCUT2D eigenvalue weighted by Gasteiger charge is -2.08. The Morgan fingerprint density at radius 3 is 2.94 bits per heavy atom. The topological polar surface area (TPSA) is 54.5 Å². The van der Waals surface area contributed by atoms with Crippen LogP contribution in [0.5, 0.6) is 0 Å². The van der Waals surface area contributed by atoms with Gasteiger partial charge in [-0.25, -0.2) is 15.0 Å². The second kappa shape index (κ2) is 4.43. The molecule has 16 heavy (non-hydrogen) atoms. The largest absolute Gasteiger partial charge is 0.342 e. The number of aromatic amines is 1. The fourth-order valence-electron chi connectivity index (χ4n) is 1.68. The standard InChI is InChI=1S/C12H16N4/c1-8(2)4-5-9(3)10-11-12(15-6-13-10)16-7-14-11/h4,6-7,9H,5H2,1-3H3,(H,13,14,15,16). The summed E-state index contributed by atoms with van der Waals surface area (Å²) in [6.45, 7) is 6.39. The maximum atomic E-state index is 4.35. The summed E-state index contributed by atoms with van der Waals surface area (Å²) in [5.41, 5.74) is 4.08. The van der Waals surface area contributed by atoms with Gasteiger partial charge in [0, 0.05) is 5.92 Å². The first-order chi connectivity index (χ1) is 7.68. The van der Waals surface area contributed by atoms with Crippen LogP contribution in [-0.4, -0.2) is 19.9 Å². The molecule has 0 aliphatic heterocycles. The fraction of sp³-hybridized carbons (Fsp3) is 0.417. The van der Waals surface area contributed by atoms with Gasteiger partial charge in [-0.1, -0.05) is 18.6 Å². The van der Waals surface area contributed by atoms with Crippen molar-refractivity contribution in [3.63, 3.8) is 0 Å². The van der Waals surface area contributed by atoms with E-state index in [1.54, 1.807) is 12.7 Å². The van der Waals surface area contributed by atoms with Crippen LogP contribution in [0, 0.1) is 0 Å². The molecule has 0 aliphatic rings. The molecule has 2 heterocycles. The lowest BCUT2D eigenvalue weighted by atomic mass is 10.0. The van der Waals surface area contributed by atoms with Crippen LogP contribution < -0.4 is 0 Å². The highest BCUT2D eigenvalue weighted by atomic mass is 15.0. The first kappa shape index (κ1) is 10.8.